The van der Waals surface area contributed by atoms with Crippen LogP contribution in [0.25, 0.3) is 0 Å². The molecule has 0 rings (SSSR count). The molecule has 6 heteroatoms. The lowest BCUT2D eigenvalue weighted by atomic mass is 10.1. The molecular formula is C12H24N2O4. The molecule has 0 aromatic heterocycles. The van der Waals surface area contributed by atoms with Gasteiger partial charge >= 0.3 is 12.1 Å². The summed E-state index contributed by atoms with van der Waals surface area (Å²) in [4.78, 5) is 24.0. The van der Waals surface area contributed by atoms with Gasteiger partial charge in [0.15, 0.2) is 0 Å². The van der Waals surface area contributed by atoms with E-state index in [0.717, 1.165) is 11.3 Å². The number of carbonyl (C=O) groups excluding carboxylic acids is 1. The van der Waals surface area contributed by atoms with Gasteiger partial charge in [0.05, 0.1) is 0 Å². The smallest absolute Gasteiger partial charge is 0.410 e. The lowest BCUT2D eigenvalue weighted by Crippen LogP contribution is -2.44. The van der Waals surface area contributed by atoms with Gasteiger partial charge in [-0.05, 0) is 46.6 Å². The highest BCUT2D eigenvalue weighted by Gasteiger charge is 2.29. The number of likely N-dealkylation sites (N-methyl/N-ethyl adjacent to an activating group) is 1. The van der Waals surface area contributed by atoms with Gasteiger partial charge < -0.3 is 15.6 Å². The van der Waals surface area contributed by atoms with E-state index in [0.29, 0.717) is 19.4 Å². The van der Waals surface area contributed by atoms with Crippen molar-refractivity contribution in [3.63, 3.8) is 0 Å². The van der Waals surface area contributed by atoms with Crippen LogP contribution in [0.4, 0.5) is 4.79 Å². The molecule has 0 spiro atoms. The number of ether oxygens (including phenoxy) is 1. The summed E-state index contributed by atoms with van der Waals surface area (Å²) in [5, 5.41) is 9.11. The number of hydrogen-bond acceptors (Lipinski definition) is 4. The molecule has 6 nitrogen and oxygen atoms in total. The zero-order chi connectivity index (χ0) is 14.3. The fourth-order valence-electron chi connectivity index (χ4n) is 1.43. The number of amides is 1. The second-order valence-corrected chi connectivity index (χ2v) is 5.23. The molecule has 1 atom stereocenters. The van der Waals surface area contributed by atoms with Gasteiger partial charge in [0, 0.05) is 7.05 Å². The predicted octanol–water partition coefficient (Wildman–Crippen LogP) is 1.44. The maximum Gasteiger partial charge on any atom is 0.410 e. The van der Waals surface area contributed by atoms with Gasteiger partial charge in [0.2, 0.25) is 0 Å². The highest BCUT2D eigenvalue weighted by molar-refractivity contribution is 5.79. The second kappa shape index (κ2) is 7.20. The quantitative estimate of drug-likeness (QED) is 0.705. The number of nitrogens with zero attached hydrogens (tertiary/aromatic N) is 1. The van der Waals surface area contributed by atoms with Crippen molar-refractivity contribution in [3.8, 4) is 0 Å². The Bertz CT molecular complexity index is 286. The topological polar surface area (TPSA) is 92.9 Å². The SMILES string of the molecule is CN(C(=O)OC(C)(C)C)[C@@H](CCCCN)C(=O)O. The van der Waals surface area contributed by atoms with Crippen molar-refractivity contribution in [2.45, 2.75) is 51.7 Å². The van der Waals surface area contributed by atoms with Gasteiger partial charge in [-0.1, -0.05) is 0 Å². The monoisotopic (exact) mass is 260 g/mol. The largest absolute Gasteiger partial charge is 0.480 e. The Morgan fingerprint density at radius 3 is 2.28 bits per heavy atom. The third-order valence-corrected chi connectivity index (χ3v) is 2.37. The Kier molecular flexibility index (Phi) is 6.68. The summed E-state index contributed by atoms with van der Waals surface area (Å²) in [6.45, 7) is 5.73. The van der Waals surface area contributed by atoms with Crippen LogP contribution in [0.5, 0.6) is 0 Å². The number of rotatable bonds is 6. The zero-order valence-electron chi connectivity index (χ0n) is 11.6. The summed E-state index contributed by atoms with van der Waals surface area (Å²) in [6.07, 6.45) is 1.16. The Hall–Kier alpha value is -1.30. The number of carbonyl (C=O) groups is 2. The molecule has 0 aromatic carbocycles. The lowest BCUT2D eigenvalue weighted by molar-refractivity contribution is -0.143. The molecule has 0 aromatic rings. The van der Waals surface area contributed by atoms with Crippen molar-refractivity contribution in [1.82, 2.24) is 4.90 Å². The highest BCUT2D eigenvalue weighted by atomic mass is 16.6. The van der Waals surface area contributed by atoms with Crippen LogP contribution in [0.3, 0.4) is 0 Å². The Morgan fingerprint density at radius 2 is 1.89 bits per heavy atom. The van der Waals surface area contributed by atoms with Crippen LogP contribution in [0.2, 0.25) is 0 Å². The maximum atomic E-state index is 11.8. The lowest BCUT2D eigenvalue weighted by Gasteiger charge is -2.28. The highest BCUT2D eigenvalue weighted by Crippen LogP contribution is 2.13. The summed E-state index contributed by atoms with van der Waals surface area (Å²) in [5.74, 6) is -1.03. The number of nitrogens with two attached hydrogens (primary N) is 1. The number of carboxylic acids is 1. The van der Waals surface area contributed by atoms with Crippen molar-refractivity contribution >= 4 is 12.1 Å². The van der Waals surface area contributed by atoms with Gasteiger partial charge in [-0.2, -0.15) is 0 Å². The summed E-state index contributed by atoms with van der Waals surface area (Å²) >= 11 is 0. The maximum absolute atomic E-state index is 11.8. The predicted molar refractivity (Wildman–Crippen MR) is 68.3 cm³/mol. The first-order valence-electron chi connectivity index (χ1n) is 6.07. The van der Waals surface area contributed by atoms with E-state index < -0.39 is 23.7 Å². The van der Waals surface area contributed by atoms with E-state index in [1.54, 1.807) is 20.8 Å². The molecule has 18 heavy (non-hydrogen) atoms. The molecule has 0 bridgehead atoms. The molecular weight excluding hydrogens is 236 g/mol. The molecule has 0 radical (unpaired) electrons. The average Bonchev–Trinajstić information content (AvgIpc) is 2.20. The van der Waals surface area contributed by atoms with Crippen molar-refractivity contribution in [2.75, 3.05) is 13.6 Å². The fraction of sp³-hybridized carbons (Fsp3) is 0.833. The molecule has 1 amide bonds. The molecule has 0 unspecified atom stereocenters. The van der Waals surface area contributed by atoms with Gasteiger partial charge in [0.1, 0.15) is 11.6 Å². The normalized spacial score (nSPS) is 12.9. The molecule has 0 fully saturated rings. The van der Waals surface area contributed by atoms with E-state index in [4.69, 9.17) is 15.6 Å². The van der Waals surface area contributed by atoms with E-state index in [1.165, 1.54) is 7.05 Å². The van der Waals surface area contributed by atoms with Crippen molar-refractivity contribution in [1.29, 1.82) is 0 Å². The molecule has 0 aliphatic rings. The number of carboxylic acid groups (broad SMARTS) is 1. The van der Waals surface area contributed by atoms with Gasteiger partial charge in [-0.15, -0.1) is 0 Å². The fourth-order valence-corrected chi connectivity index (χ4v) is 1.43. The minimum atomic E-state index is -1.03. The number of aliphatic carboxylic acids is 1. The second-order valence-electron chi connectivity index (χ2n) is 5.23. The van der Waals surface area contributed by atoms with Gasteiger partial charge in [-0.25, -0.2) is 9.59 Å². The van der Waals surface area contributed by atoms with Crippen LogP contribution in [-0.4, -0.2) is 47.3 Å². The third-order valence-electron chi connectivity index (χ3n) is 2.37. The van der Waals surface area contributed by atoms with Crippen LogP contribution in [0.15, 0.2) is 0 Å². The minimum absolute atomic E-state index is 0.377. The first kappa shape index (κ1) is 16.7. The van der Waals surface area contributed by atoms with E-state index in [2.05, 4.69) is 0 Å². The van der Waals surface area contributed by atoms with E-state index in [9.17, 15) is 9.59 Å². The van der Waals surface area contributed by atoms with Crippen LogP contribution in [0, 0.1) is 0 Å². The third kappa shape index (κ3) is 6.44. The van der Waals surface area contributed by atoms with Crippen LogP contribution in [0.1, 0.15) is 40.0 Å². The van der Waals surface area contributed by atoms with Crippen LogP contribution in [-0.2, 0) is 9.53 Å². The van der Waals surface area contributed by atoms with Crippen LogP contribution >= 0.6 is 0 Å². The Morgan fingerprint density at radius 1 is 1.33 bits per heavy atom. The Balaban J connectivity index is 4.51. The molecule has 0 saturated carbocycles. The standard InChI is InChI=1S/C12H24N2O4/c1-12(2,3)18-11(17)14(4)9(10(15)16)7-5-6-8-13/h9H,5-8,13H2,1-4H3,(H,15,16)/t9-/m0/s1. The van der Waals surface area contributed by atoms with Crippen LogP contribution < -0.4 is 5.73 Å². The van der Waals surface area contributed by atoms with E-state index in [1.807, 2.05) is 0 Å². The number of hydrogen-bond donors (Lipinski definition) is 2. The van der Waals surface area contributed by atoms with Gasteiger partial charge in [-0.3, -0.25) is 4.90 Å². The summed E-state index contributed by atoms with van der Waals surface area (Å²) in [7, 11) is 1.44. The first-order valence-corrected chi connectivity index (χ1v) is 6.07. The molecule has 0 saturated heterocycles. The van der Waals surface area contributed by atoms with Crippen molar-refractivity contribution < 1.29 is 19.4 Å². The summed E-state index contributed by atoms with van der Waals surface area (Å²) < 4.78 is 5.14. The Labute approximate surface area is 108 Å². The first-order chi connectivity index (χ1) is 8.19. The summed E-state index contributed by atoms with van der Waals surface area (Å²) in [6, 6.07) is -0.869. The van der Waals surface area contributed by atoms with Crippen molar-refractivity contribution in [3.05, 3.63) is 0 Å². The summed E-state index contributed by atoms with van der Waals surface area (Å²) in [5.41, 5.74) is 4.72. The average molecular weight is 260 g/mol. The molecule has 0 aliphatic heterocycles. The molecule has 3 N–H and O–H groups in total. The molecule has 106 valence electrons. The number of unbranched alkanes of at least 4 members (excludes halogenated alkanes) is 1. The molecule has 0 heterocycles. The van der Waals surface area contributed by atoms with Crippen molar-refractivity contribution in [2.24, 2.45) is 5.73 Å². The minimum Gasteiger partial charge on any atom is -0.480 e. The van der Waals surface area contributed by atoms with Gasteiger partial charge in [0.25, 0.3) is 0 Å². The van der Waals surface area contributed by atoms with E-state index >= 15 is 0 Å². The zero-order valence-corrected chi connectivity index (χ0v) is 11.6. The van der Waals surface area contributed by atoms with E-state index in [-0.39, 0.29) is 0 Å². The molecule has 0 aliphatic carbocycles.